The van der Waals surface area contributed by atoms with Crippen molar-refractivity contribution < 1.29 is 18.7 Å². The van der Waals surface area contributed by atoms with E-state index in [1.807, 2.05) is 61.7 Å². The summed E-state index contributed by atoms with van der Waals surface area (Å²) < 4.78 is 29.4. The van der Waals surface area contributed by atoms with Crippen molar-refractivity contribution in [3.8, 4) is 16.9 Å². The van der Waals surface area contributed by atoms with Crippen LogP contribution in [0, 0.1) is 12.7 Å². The molecule has 220 valence electrons. The predicted molar refractivity (Wildman–Crippen MR) is 157 cm³/mol. The molecular weight excluding hydrogens is 551 g/mol. The molecule has 11 nitrogen and oxygen atoms in total. The molecule has 0 unspecified atom stereocenters. The lowest BCUT2D eigenvalue weighted by Gasteiger charge is -2.15. The summed E-state index contributed by atoms with van der Waals surface area (Å²) in [6.07, 6.45) is 2.66. The highest BCUT2D eigenvalue weighted by Gasteiger charge is 2.33. The fraction of sp³-hybridized carbons (Fsp3) is 0.258. The molecule has 1 atom stereocenters. The van der Waals surface area contributed by atoms with Crippen LogP contribution in [0.15, 0.2) is 79.1 Å². The van der Waals surface area contributed by atoms with Gasteiger partial charge >= 0.3 is 6.09 Å². The van der Waals surface area contributed by atoms with E-state index in [4.69, 9.17) is 9.47 Å². The van der Waals surface area contributed by atoms with E-state index in [0.29, 0.717) is 44.0 Å². The van der Waals surface area contributed by atoms with Gasteiger partial charge in [0.05, 0.1) is 56.2 Å². The maximum absolute atomic E-state index is 15.2. The van der Waals surface area contributed by atoms with Crippen molar-refractivity contribution >= 4 is 11.8 Å². The lowest BCUT2D eigenvalue weighted by atomic mass is 10.0. The molecule has 5 aromatic rings. The van der Waals surface area contributed by atoms with Crippen molar-refractivity contribution in [3.63, 3.8) is 0 Å². The van der Waals surface area contributed by atoms with E-state index in [9.17, 15) is 4.79 Å². The van der Waals surface area contributed by atoms with Gasteiger partial charge in [-0.25, -0.2) is 18.5 Å². The van der Waals surface area contributed by atoms with E-state index in [0.717, 1.165) is 33.8 Å². The molecule has 6 rings (SSSR count). The number of ether oxygens (including phenoxy) is 2. The first-order valence-corrected chi connectivity index (χ1v) is 13.9. The van der Waals surface area contributed by atoms with Gasteiger partial charge in [-0.1, -0.05) is 46.8 Å². The molecule has 0 saturated carbocycles. The Bertz CT molecular complexity index is 1700. The van der Waals surface area contributed by atoms with Gasteiger partial charge in [0.15, 0.2) is 0 Å². The molecule has 43 heavy (non-hydrogen) atoms. The number of aryl methyl sites for hydroxylation is 1. The second kappa shape index (κ2) is 12.4. The Morgan fingerprint density at radius 3 is 2.53 bits per heavy atom. The Hall–Kier alpha value is -5.10. The number of hydrogen-bond donors (Lipinski definition) is 1. The maximum Gasteiger partial charge on any atom is 0.414 e. The largest absolute Gasteiger partial charge is 0.497 e. The van der Waals surface area contributed by atoms with Gasteiger partial charge in [0.2, 0.25) is 0 Å². The van der Waals surface area contributed by atoms with E-state index in [1.54, 1.807) is 34.8 Å². The summed E-state index contributed by atoms with van der Waals surface area (Å²) in [7, 11) is 1.65. The highest BCUT2D eigenvalue weighted by molar-refractivity contribution is 5.90. The van der Waals surface area contributed by atoms with Crippen LogP contribution in [0.25, 0.3) is 11.1 Å². The third-order valence-corrected chi connectivity index (χ3v) is 7.32. The predicted octanol–water partition coefficient (Wildman–Crippen LogP) is 4.36. The molecule has 0 bridgehead atoms. The highest BCUT2D eigenvalue weighted by atomic mass is 19.1. The van der Waals surface area contributed by atoms with Crippen LogP contribution in [0.3, 0.4) is 0 Å². The van der Waals surface area contributed by atoms with E-state index >= 15 is 4.39 Å². The first-order chi connectivity index (χ1) is 20.9. The number of halogens is 1. The van der Waals surface area contributed by atoms with Gasteiger partial charge in [0.1, 0.15) is 17.7 Å². The Labute approximate surface area is 247 Å². The Kier molecular flexibility index (Phi) is 8.09. The zero-order valence-corrected chi connectivity index (χ0v) is 23.9. The van der Waals surface area contributed by atoms with Crippen LogP contribution in [0.1, 0.15) is 22.5 Å². The third kappa shape index (κ3) is 6.54. The van der Waals surface area contributed by atoms with Crippen LogP contribution in [0.2, 0.25) is 0 Å². The molecule has 1 N–H and O–H groups in total. The van der Waals surface area contributed by atoms with E-state index in [1.165, 1.54) is 11.0 Å². The molecule has 3 heterocycles. The Balaban J connectivity index is 1.01. The van der Waals surface area contributed by atoms with Gasteiger partial charge in [-0.15, -0.1) is 10.2 Å². The van der Waals surface area contributed by atoms with E-state index < -0.39 is 18.0 Å². The van der Waals surface area contributed by atoms with Crippen LogP contribution in [-0.4, -0.2) is 55.8 Å². The number of rotatable bonds is 11. The molecule has 1 saturated heterocycles. The first kappa shape index (κ1) is 28.0. The summed E-state index contributed by atoms with van der Waals surface area (Å²) in [6.45, 7) is 4.39. The summed E-state index contributed by atoms with van der Waals surface area (Å²) in [5.74, 6) is 0.406. The molecule has 0 aliphatic carbocycles. The number of carbonyl (C=O) groups excluding carboxylic acids is 1. The summed E-state index contributed by atoms with van der Waals surface area (Å²) in [4.78, 5) is 13.9. The number of nitrogens with one attached hydrogen (secondary N) is 1. The number of amides is 1. The average Bonchev–Trinajstić information content (AvgIpc) is 3.74. The van der Waals surface area contributed by atoms with Crippen molar-refractivity contribution in [2.75, 3.05) is 18.6 Å². The van der Waals surface area contributed by atoms with Crippen LogP contribution >= 0.6 is 0 Å². The van der Waals surface area contributed by atoms with Crippen LogP contribution in [0.4, 0.5) is 14.9 Å². The summed E-state index contributed by atoms with van der Waals surface area (Å²) in [5, 5.41) is 19.7. The lowest BCUT2D eigenvalue weighted by Crippen LogP contribution is -2.26. The normalized spacial score (nSPS) is 14.7. The van der Waals surface area contributed by atoms with Gasteiger partial charge < -0.3 is 14.8 Å². The molecule has 2 aromatic heterocycles. The zero-order chi connectivity index (χ0) is 29.8. The fourth-order valence-corrected chi connectivity index (χ4v) is 4.97. The summed E-state index contributed by atoms with van der Waals surface area (Å²) in [5.41, 5.74) is 5.53. The fourth-order valence-electron chi connectivity index (χ4n) is 4.97. The number of aromatic nitrogens is 6. The van der Waals surface area contributed by atoms with Gasteiger partial charge in [-0.2, -0.15) is 0 Å². The van der Waals surface area contributed by atoms with Crippen molar-refractivity contribution in [3.05, 3.63) is 107 Å². The lowest BCUT2D eigenvalue weighted by molar-refractivity contribution is 0.128. The molecule has 1 aliphatic rings. The standard InChI is InChI=1S/C31H31FN8O3/c1-21-14-34-36-40(21)20-28-19-39(31(41)43-28)26-9-12-29(30(32)13-26)24-7-3-22(4-8-24)15-33-16-25-18-38(37-35-25)17-23-5-10-27(42-2)11-6-23/h3-14,18,28,33H,15-17,19-20H2,1-2H3/t28-/m1/s1. The van der Waals surface area contributed by atoms with Crippen molar-refractivity contribution in [2.45, 2.75) is 39.2 Å². The molecule has 1 aliphatic heterocycles. The topological polar surface area (TPSA) is 112 Å². The SMILES string of the molecule is COc1ccc(Cn2cc(CNCc3ccc(-c4ccc(N5C[C@H](Cn6nncc6C)OC5=O)cc4F)cc3)nn2)cc1. The second-order valence-electron chi connectivity index (χ2n) is 10.4. The molecule has 1 amide bonds. The summed E-state index contributed by atoms with van der Waals surface area (Å²) in [6, 6.07) is 20.4. The average molecular weight is 583 g/mol. The molecule has 12 heteroatoms. The van der Waals surface area contributed by atoms with Gasteiger partial charge in [-0.3, -0.25) is 4.90 Å². The minimum Gasteiger partial charge on any atom is -0.497 e. The monoisotopic (exact) mass is 582 g/mol. The molecule has 0 radical (unpaired) electrons. The van der Waals surface area contributed by atoms with Crippen LogP contribution in [-0.2, 0) is 30.9 Å². The van der Waals surface area contributed by atoms with Crippen LogP contribution < -0.4 is 15.0 Å². The number of cyclic esters (lactones) is 1. The second-order valence-corrected chi connectivity index (χ2v) is 10.4. The first-order valence-electron chi connectivity index (χ1n) is 13.9. The van der Waals surface area contributed by atoms with Gasteiger partial charge in [0, 0.05) is 18.7 Å². The minimum atomic E-state index is -0.508. The number of methoxy groups -OCH3 is 1. The highest BCUT2D eigenvalue weighted by Crippen LogP contribution is 2.29. The van der Waals surface area contributed by atoms with Crippen molar-refractivity contribution in [2.24, 2.45) is 0 Å². The number of carbonyl (C=O) groups is 1. The maximum atomic E-state index is 15.2. The van der Waals surface area contributed by atoms with E-state index in [2.05, 4.69) is 25.9 Å². The Morgan fingerprint density at radius 1 is 1.02 bits per heavy atom. The van der Waals surface area contributed by atoms with Gasteiger partial charge in [-0.05, 0) is 53.9 Å². The smallest absolute Gasteiger partial charge is 0.414 e. The zero-order valence-electron chi connectivity index (χ0n) is 23.9. The number of nitrogens with zero attached hydrogens (tertiary/aromatic N) is 7. The molecular formula is C31H31FN8O3. The van der Waals surface area contributed by atoms with Crippen molar-refractivity contribution in [1.82, 2.24) is 35.3 Å². The minimum absolute atomic E-state index is 0.303. The third-order valence-electron chi connectivity index (χ3n) is 7.32. The van der Waals surface area contributed by atoms with E-state index in [-0.39, 0.29) is 0 Å². The summed E-state index contributed by atoms with van der Waals surface area (Å²) >= 11 is 0. The number of benzene rings is 3. The van der Waals surface area contributed by atoms with Crippen LogP contribution in [0.5, 0.6) is 5.75 Å². The number of anilines is 1. The number of hydrogen-bond acceptors (Lipinski definition) is 8. The Morgan fingerprint density at radius 2 is 1.81 bits per heavy atom. The molecule has 0 spiro atoms. The molecule has 3 aromatic carbocycles. The quantitative estimate of drug-likeness (QED) is 0.245. The van der Waals surface area contributed by atoms with Crippen molar-refractivity contribution in [1.29, 1.82) is 0 Å². The molecule has 1 fully saturated rings. The van der Waals surface area contributed by atoms with Gasteiger partial charge in [0.25, 0.3) is 0 Å².